The summed E-state index contributed by atoms with van der Waals surface area (Å²) in [5.74, 6) is 5.34. The molecule has 0 saturated heterocycles. The van der Waals surface area contributed by atoms with E-state index in [1.165, 1.54) is 25.7 Å². The van der Waals surface area contributed by atoms with E-state index in [9.17, 15) is 5.11 Å². The lowest BCUT2D eigenvalue weighted by Crippen LogP contribution is -2.69. The van der Waals surface area contributed by atoms with Gasteiger partial charge in [0.15, 0.2) is 0 Å². The second kappa shape index (κ2) is 10.6. The van der Waals surface area contributed by atoms with E-state index in [1.807, 2.05) is 0 Å². The van der Waals surface area contributed by atoms with E-state index < -0.39 is 11.7 Å². The highest BCUT2D eigenvalue weighted by molar-refractivity contribution is 5.41. The van der Waals surface area contributed by atoms with Crippen molar-refractivity contribution >= 4 is 0 Å². The molecule has 1 aromatic rings. The maximum atomic E-state index is 12.8. The van der Waals surface area contributed by atoms with Gasteiger partial charge in [-0.2, -0.15) is 0 Å². The summed E-state index contributed by atoms with van der Waals surface area (Å²) >= 11 is 0. The first-order valence-corrected chi connectivity index (χ1v) is 15.1. The summed E-state index contributed by atoms with van der Waals surface area (Å²) in [7, 11) is 0. The fourth-order valence-corrected chi connectivity index (χ4v) is 8.44. The summed E-state index contributed by atoms with van der Waals surface area (Å²) in [6, 6.07) is 8.41. The highest BCUT2D eigenvalue weighted by atomic mass is 16.5. The number of aliphatic hydroxyl groups is 1. The van der Waals surface area contributed by atoms with Crippen LogP contribution < -0.4 is 10.1 Å². The average Bonchev–Trinajstić information content (AvgIpc) is 2.79. The van der Waals surface area contributed by atoms with Gasteiger partial charge < -0.3 is 15.2 Å². The number of aliphatic hydroxyl groups excluding tert-OH is 1. The minimum absolute atomic E-state index is 0.115. The molecule has 2 saturated carbocycles. The highest BCUT2D eigenvalue weighted by Gasteiger charge is 2.63. The summed E-state index contributed by atoms with van der Waals surface area (Å²) in [4.78, 5) is 0. The second-order valence-electron chi connectivity index (χ2n) is 14.7. The molecule has 0 aromatic heterocycles. The van der Waals surface area contributed by atoms with E-state index in [-0.39, 0.29) is 11.6 Å². The fourth-order valence-electron chi connectivity index (χ4n) is 8.44. The molecule has 8 atom stereocenters. The molecule has 3 nitrogen and oxygen atoms in total. The number of hydrogen-bond acceptors (Lipinski definition) is 3. The van der Waals surface area contributed by atoms with Crippen LogP contribution in [0.1, 0.15) is 112 Å². The molecule has 4 rings (SSSR count). The van der Waals surface area contributed by atoms with Crippen LogP contribution in [0.5, 0.6) is 5.75 Å². The quantitative estimate of drug-likeness (QED) is 0.433. The summed E-state index contributed by atoms with van der Waals surface area (Å²) in [5, 5.41) is 16.7. The number of para-hydroxylation sites is 1. The first kappa shape index (κ1) is 28.0. The van der Waals surface area contributed by atoms with Crippen LogP contribution in [0.25, 0.3) is 0 Å². The molecule has 6 unspecified atom stereocenters. The maximum absolute atomic E-state index is 12.8. The van der Waals surface area contributed by atoms with Crippen molar-refractivity contribution in [1.82, 2.24) is 5.32 Å². The van der Waals surface area contributed by atoms with Gasteiger partial charge in [0.05, 0.1) is 6.04 Å². The Morgan fingerprint density at radius 2 is 1.36 bits per heavy atom. The summed E-state index contributed by atoms with van der Waals surface area (Å²) in [5.41, 5.74) is 0.423. The van der Waals surface area contributed by atoms with Crippen molar-refractivity contribution in [3.63, 3.8) is 0 Å². The van der Waals surface area contributed by atoms with Crippen LogP contribution in [0, 0.1) is 47.3 Å². The molecule has 204 valence electrons. The Morgan fingerprint density at radius 1 is 0.861 bits per heavy atom. The molecule has 0 amide bonds. The number of hydrogen-bond donors (Lipinski definition) is 2. The summed E-state index contributed by atoms with van der Waals surface area (Å²) < 4.78 is 7.42. The molecule has 1 heterocycles. The number of ether oxygens (including phenoxy) is 1. The zero-order valence-electron chi connectivity index (χ0n) is 24.7. The average molecular weight is 498 g/mol. The number of fused-ring (bicyclic) bond motifs is 1. The third kappa shape index (κ3) is 5.26. The largest absolute Gasteiger partial charge is 0.484 e. The molecule has 3 heteroatoms. The smallest absolute Gasteiger partial charge is 0.143 e. The molecule has 0 radical (unpaired) electrons. The summed E-state index contributed by atoms with van der Waals surface area (Å²) in [6.07, 6.45) is 6.80. The minimum atomic E-state index is -0.584. The van der Waals surface area contributed by atoms with Gasteiger partial charge >= 0.3 is 0 Å². The van der Waals surface area contributed by atoms with Crippen LogP contribution in [0.2, 0.25) is 0 Å². The Balaban J connectivity index is 1.95. The van der Waals surface area contributed by atoms with Crippen molar-refractivity contribution in [2.75, 3.05) is 0 Å². The predicted octanol–water partition coefficient (Wildman–Crippen LogP) is 8.02. The third-order valence-corrected chi connectivity index (χ3v) is 10.1. The van der Waals surface area contributed by atoms with E-state index in [0.29, 0.717) is 47.3 Å². The molecule has 2 N–H and O–H groups in total. The molecule has 0 spiro atoms. The van der Waals surface area contributed by atoms with Gasteiger partial charge in [0.2, 0.25) is 0 Å². The molecular formula is C33H55NO2. The van der Waals surface area contributed by atoms with Crippen LogP contribution in [0.15, 0.2) is 24.3 Å². The molecule has 1 aliphatic heterocycles. The van der Waals surface area contributed by atoms with Gasteiger partial charge in [-0.1, -0.05) is 72.6 Å². The monoisotopic (exact) mass is 497 g/mol. The van der Waals surface area contributed by atoms with Crippen molar-refractivity contribution in [3.05, 3.63) is 29.8 Å². The fraction of sp³-hybridized carbons (Fsp3) is 0.818. The zero-order chi connectivity index (χ0) is 26.4. The Labute approximate surface area is 222 Å². The molecule has 1 aromatic carbocycles. The Kier molecular flexibility index (Phi) is 8.23. The Hall–Kier alpha value is -1.06. The van der Waals surface area contributed by atoms with Gasteiger partial charge in [-0.15, -0.1) is 0 Å². The first-order valence-electron chi connectivity index (χ1n) is 15.1. The van der Waals surface area contributed by atoms with Crippen molar-refractivity contribution in [2.45, 2.75) is 124 Å². The lowest BCUT2D eigenvalue weighted by atomic mass is 9.52. The molecule has 2 aliphatic carbocycles. The van der Waals surface area contributed by atoms with Crippen molar-refractivity contribution in [2.24, 2.45) is 47.3 Å². The lowest BCUT2D eigenvalue weighted by molar-refractivity contribution is -0.204. The Bertz CT molecular complexity index is 839. The standard InChI is InChI=1S/C33H55NO2/c1-20(2)24-16-14-22(5)18-27(24)33(28-19-23(6)15-17-25(28)21(3)4)31(35)30(34-32(7,8)9)26-12-10-11-13-29(26)36-33/h10-13,20-25,27-28,30-31,34-35H,14-19H2,1-9H3/t22?,23?,24?,25?,27?,28?,30-,31+,33?/m1/s1. The van der Waals surface area contributed by atoms with Crippen LogP contribution in [0.3, 0.4) is 0 Å². The van der Waals surface area contributed by atoms with E-state index in [1.54, 1.807) is 0 Å². The topological polar surface area (TPSA) is 41.5 Å². The van der Waals surface area contributed by atoms with Gasteiger partial charge in [-0.05, 0) is 88.0 Å². The van der Waals surface area contributed by atoms with Gasteiger partial charge in [0.25, 0.3) is 0 Å². The van der Waals surface area contributed by atoms with Crippen LogP contribution in [0.4, 0.5) is 0 Å². The van der Waals surface area contributed by atoms with Crippen molar-refractivity contribution in [3.8, 4) is 5.75 Å². The minimum Gasteiger partial charge on any atom is -0.484 e. The lowest BCUT2D eigenvalue weighted by Gasteiger charge is -2.61. The maximum Gasteiger partial charge on any atom is 0.143 e. The molecule has 0 bridgehead atoms. The van der Waals surface area contributed by atoms with Crippen LogP contribution in [-0.4, -0.2) is 22.4 Å². The zero-order valence-corrected chi connectivity index (χ0v) is 24.7. The SMILES string of the molecule is CC1CCC(C(C)C)C(C2(C3CC(C)CCC3C(C)C)Oc3ccccc3[C@@H](NC(C)(C)C)[C@@H]2O)C1. The van der Waals surface area contributed by atoms with E-state index in [4.69, 9.17) is 4.74 Å². The third-order valence-electron chi connectivity index (χ3n) is 10.1. The molecule has 36 heavy (non-hydrogen) atoms. The Morgan fingerprint density at radius 3 is 1.83 bits per heavy atom. The highest BCUT2D eigenvalue weighted by Crippen LogP contribution is 2.59. The number of nitrogens with one attached hydrogen (secondary N) is 1. The number of rotatable bonds is 5. The normalized spacial score (nSPS) is 39.7. The molecule has 3 aliphatic rings. The van der Waals surface area contributed by atoms with Crippen LogP contribution >= 0.6 is 0 Å². The van der Waals surface area contributed by atoms with Gasteiger partial charge in [-0.3, -0.25) is 0 Å². The summed E-state index contributed by atoms with van der Waals surface area (Å²) in [6.45, 7) is 21.1. The number of benzene rings is 1. The second-order valence-corrected chi connectivity index (χ2v) is 14.7. The van der Waals surface area contributed by atoms with Crippen LogP contribution in [-0.2, 0) is 0 Å². The molecule has 2 fully saturated rings. The van der Waals surface area contributed by atoms with E-state index >= 15 is 0 Å². The molecular weight excluding hydrogens is 442 g/mol. The van der Waals surface area contributed by atoms with E-state index in [0.717, 1.165) is 24.2 Å². The van der Waals surface area contributed by atoms with Gasteiger partial charge in [0.1, 0.15) is 17.5 Å². The van der Waals surface area contributed by atoms with Gasteiger partial charge in [-0.25, -0.2) is 0 Å². The van der Waals surface area contributed by atoms with Crippen molar-refractivity contribution in [1.29, 1.82) is 0 Å². The van der Waals surface area contributed by atoms with Gasteiger partial charge in [0, 0.05) is 22.9 Å². The van der Waals surface area contributed by atoms with E-state index in [2.05, 4.69) is 91.9 Å². The van der Waals surface area contributed by atoms with Crippen molar-refractivity contribution < 1.29 is 9.84 Å². The first-order chi connectivity index (χ1) is 16.8. The predicted molar refractivity (Wildman–Crippen MR) is 151 cm³/mol.